The fraction of sp³-hybridized carbons (Fsp3) is 0.667. The molecule has 2 aliphatic heterocycles. The lowest BCUT2D eigenvalue weighted by Gasteiger charge is -2.46. The molecule has 2 heterocycles. The second-order valence-electron chi connectivity index (χ2n) is 8.31. The second kappa shape index (κ2) is 8.51. The van der Waals surface area contributed by atoms with Crippen LogP contribution in [0.2, 0.25) is 0 Å². The third-order valence-electron chi connectivity index (χ3n) is 6.50. The van der Waals surface area contributed by atoms with Gasteiger partial charge in [0, 0.05) is 32.2 Å². The fourth-order valence-corrected chi connectivity index (χ4v) is 6.22. The van der Waals surface area contributed by atoms with Crippen molar-refractivity contribution >= 4 is 15.9 Å². The van der Waals surface area contributed by atoms with Gasteiger partial charge in [-0.3, -0.25) is 9.69 Å². The molecule has 1 amide bonds. The van der Waals surface area contributed by atoms with E-state index < -0.39 is 10.0 Å². The lowest BCUT2D eigenvalue weighted by atomic mass is 9.89. The van der Waals surface area contributed by atoms with Crippen LogP contribution in [-0.4, -0.2) is 55.2 Å². The number of carbonyl (C=O) groups is 1. The molecule has 2 saturated heterocycles. The molecule has 1 saturated carbocycles. The van der Waals surface area contributed by atoms with Gasteiger partial charge in [0.05, 0.1) is 10.9 Å². The van der Waals surface area contributed by atoms with Gasteiger partial charge in [0.2, 0.25) is 15.9 Å². The van der Waals surface area contributed by atoms with Gasteiger partial charge in [0.25, 0.3) is 0 Å². The van der Waals surface area contributed by atoms with E-state index in [0.29, 0.717) is 30.6 Å². The second-order valence-corrected chi connectivity index (χ2v) is 10.2. The molecule has 3 aliphatic rings. The Kier molecular flexibility index (Phi) is 6.04. The third kappa shape index (κ3) is 4.11. The van der Waals surface area contributed by atoms with Crippen molar-refractivity contribution in [3.05, 3.63) is 29.8 Å². The highest BCUT2D eigenvalue weighted by Crippen LogP contribution is 2.30. The summed E-state index contributed by atoms with van der Waals surface area (Å²) in [5, 5.41) is 3.04. The molecule has 0 radical (unpaired) electrons. The van der Waals surface area contributed by atoms with Gasteiger partial charge in [-0.15, -0.1) is 0 Å². The molecule has 1 N–H and O–H groups in total. The maximum atomic E-state index is 12.6. The Labute approximate surface area is 168 Å². The average Bonchev–Trinajstić information content (AvgIpc) is 3.22. The zero-order valence-electron chi connectivity index (χ0n) is 16.5. The van der Waals surface area contributed by atoms with Crippen molar-refractivity contribution in [3.63, 3.8) is 0 Å². The summed E-state index contributed by atoms with van der Waals surface area (Å²) in [4.78, 5) is 15.3. The van der Waals surface area contributed by atoms with Crippen molar-refractivity contribution in [3.8, 4) is 0 Å². The normalized spacial score (nSPS) is 24.8. The predicted molar refractivity (Wildman–Crippen MR) is 108 cm³/mol. The number of nitrogens with one attached hydrogen (secondary N) is 1. The molecule has 28 heavy (non-hydrogen) atoms. The van der Waals surface area contributed by atoms with E-state index in [0.717, 1.165) is 31.4 Å². The number of nitrogens with zero attached hydrogens (tertiary/aromatic N) is 2. The Balaban J connectivity index is 1.30. The first-order chi connectivity index (χ1) is 13.6. The van der Waals surface area contributed by atoms with E-state index in [1.54, 1.807) is 16.4 Å². The third-order valence-corrected chi connectivity index (χ3v) is 8.41. The van der Waals surface area contributed by atoms with Gasteiger partial charge in [0.1, 0.15) is 0 Å². The maximum Gasteiger partial charge on any atom is 0.243 e. The van der Waals surface area contributed by atoms with Crippen LogP contribution in [0, 0.1) is 0 Å². The Morgan fingerprint density at radius 3 is 2.21 bits per heavy atom. The van der Waals surface area contributed by atoms with Crippen LogP contribution in [0.5, 0.6) is 0 Å². The number of rotatable bonds is 6. The quantitative estimate of drug-likeness (QED) is 0.789. The maximum absolute atomic E-state index is 12.6. The van der Waals surface area contributed by atoms with Crippen LogP contribution >= 0.6 is 0 Å². The van der Waals surface area contributed by atoms with Gasteiger partial charge in [-0.2, -0.15) is 4.31 Å². The first-order valence-corrected chi connectivity index (χ1v) is 12.1. The topological polar surface area (TPSA) is 69.7 Å². The van der Waals surface area contributed by atoms with Gasteiger partial charge in [-0.05, 0) is 49.8 Å². The monoisotopic (exact) mass is 405 g/mol. The van der Waals surface area contributed by atoms with Gasteiger partial charge in [0.15, 0.2) is 0 Å². The molecule has 0 spiro atoms. The van der Waals surface area contributed by atoms with E-state index in [4.69, 9.17) is 0 Å². The van der Waals surface area contributed by atoms with E-state index in [1.807, 2.05) is 12.1 Å². The van der Waals surface area contributed by atoms with Crippen molar-refractivity contribution < 1.29 is 13.2 Å². The molecule has 0 bridgehead atoms. The zero-order chi connectivity index (χ0) is 19.6. The molecular weight excluding hydrogens is 374 g/mol. The van der Waals surface area contributed by atoms with Crippen LogP contribution in [0.1, 0.15) is 56.9 Å². The van der Waals surface area contributed by atoms with Crippen LogP contribution in [0.4, 0.5) is 0 Å². The molecule has 154 valence electrons. The summed E-state index contributed by atoms with van der Waals surface area (Å²) >= 11 is 0. The molecule has 1 aromatic carbocycles. The van der Waals surface area contributed by atoms with Gasteiger partial charge >= 0.3 is 0 Å². The standard InChI is InChI=1S/C21H31N3O3S/c25-21(20-12-15-24(20)18-6-2-1-3-7-18)22-16-17-8-10-19(11-9-17)28(26,27)23-13-4-5-14-23/h8-11,18,20H,1-7,12-16H2,(H,22,25)/t20-/m1/s1. The Hall–Kier alpha value is -1.44. The fourth-order valence-electron chi connectivity index (χ4n) is 4.70. The largest absolute Gasteiger partial charge is 0.351 e. The number of sulfonamides is 1. The van der Waals surface area contributed by atoms with Crippen molar-refractivity contribution in [2.75, 3.05) is 19.6 Å². The van der Waals surface area contributed by atoms with Crippen molar-refractivity contribution in [1.29, 1.82) is 0 Å². The van der Waals surface area contributed by atoms with E-state index >= 15 is 0 Å². The lowest BCUT2D eigenvalue weighted by Crippen LogP contribution is -2.59. The molecule has 1 atom stereocenters. The van der Waals surface area contributed by atoms with E-state index in [-0.39, 0.29) is 11.9 Å². The van der Waals surface area contributed by atoms with Crippen LogP contribution in [0.3, 0.4) is 0 Å². The summed E-state index contributed by atoms with van der Waals surface area (Å²) in [6.07, 6.45) is 9.13. The highest BCUT2D eigenvalue weighted by Gasteiger charge is 2.38. The van der Waals surface area contributed by atoms with Gasteiger partial charge < -0.3 is 5.32 Å². The van der Waals surface area contributed by atoms with Crippen LogP contribution in [0.25, 0.3) is 0 Å². The molecule has 1 aliphatic carbocycles. The first-order valence-electron chi connectivity index (χ1n) is 10.7. The number of carbonyl (C=O) groups excluding carboxylic acids is 1. The smallest absolute Gasteiger partial charge is 0.243 e. The molecule has 6 nitrogen and oxygen atoms in total. The average molecular weight is 406 g/mol. The van der Waals surface area contributed by atoms with Gasteiger partial charge in [-0.25, -0.2) is 8.42 Å². The lowest BCUT2D eigenvalue weighted by molar-refractivity contribution is -0.133. The van der Waals surface area contributed by atoms with E-state index in [9.17, 15) is 13.2 Å². The molecule has 1 aromatic rings. The summed E-state index contributed by atoms with van der Waals surface area (Å²) in [5.41, 5.74) is 0.928. The molecular formula is C21H31N3O3S. The van der Waals surface area contributed by atoms with Crippen molar-refractivity contribution in [2.24, 2.45) is 0 Å². The minimum atomic E-state index is -3.38. The minimum Gasteiger partial charge on any atom is -0.351 e. The number of likely N-dealkylation sites (tertiary alicyclic amines) is 1. The molecule has 7 heteroatoms. The highest BCUT2D eigenvalue weighted by molar-refractivity contribution is 7.89. The first kappa shape index (κ1) is 19.9. The summed E-state index contributed by atoms with van der Waals surface area (Å²) < 4.78 is 26.7. The predicted octanol–water partition coefficient (Wildman–Crippen LogP) is 2.49. The summed E-state index contributed by atoms with van der Waals surface area (Å²) in [6.45, 7) is 2.70. The summed E-state index contributed by atoms with van der Waals surface area (Å²) in [5.74, 6) is 0.102. The summed E-state index contributed by atoms with van der Waals surface area (Å²) in [7, 11) is -3.38. The van der Waals surface area contributed by atoms with Crippen LogP contribution < -0.4 is 5.32 Å². The van der Waals surface area contributed by atoms with E-state index in [1.165, 1.54) is 32.1 Å². The Morgan fingerprint density at radius 1 is 0.929 bits per heavy atom. The van der Waals surface area contributed by atoms with E-state index in [2.05, 4.69) is 10.2 Å². The zero-order valence-corrected chi connectivity index (χ0v) is 17.3. The molecule has 3 fully saturated rings. The SMILES string of the molecule is O=C(NCc1ccc(S(=O)(=O)N2CCCC2)cc1)[C@H]1CCN1C1CCCCC1. The van der Waals surface area contributed by atoms with Gasteiger partial charge in [-0.1, -0.05) is 31.4 Å². The van der Waals surface area contributed by atoms with Crippen LogP contribution in [0.15, 0.2) is 29.2 Å². The minimum absolute atomic E-state index is 0.0120. The number of benzene rings is 1. The van der Waals surface area contributed by atoms with Crippen LogP contribution in [-0.2, 0) is 21.4 Å². The van der Waals surface area contributed by atoms with Crippen molar-refractivity contribution in [1.82, 2.24) is 14.5 Å². The molecule has 4 rings (SSSR count). The molecule has 0 aromatic heterocycles. The Morgan fingerprint density at radius 2 is 1.61 bits per heavy atom. The number of amides is 1. The molecule has 0 unspecified atom stereocenters. The van der Waals surface area contributed by atoms with Crippen molar-refractivity contribution in [2.45, 2.75) is 74.9 Å². The number of hydrogen-bond donors (Lipinski definition) is 1. The summed E-state index contributed by atoms with van der Waals surface area (Å²) in [6, 6.07) is 7.53. The highest BCUT2D eigenvalue weighted by atomic mass is 32.2. The number of hydrogen-bond acceptors (Lipinski definition) is 4. The Bertz CT molecular complexity index is 782.